The number of anilines is 1. The van der Waals surface area contributed by atoms with E-state index in [-0.39, 0.29) is 24.2 Å². The molecular formula is C19H20F3N3O3. The van der Waals surface area contributed by atoms with E-state index in [1.807, 2.05) is 6.07 Å². The van der Waals surface area contributed by atoms with Crippen LogP contribution in [0.25, 0.3) is 0 Å². The Balaban J connectivity index is 1.86. The lowest BCUT2D eigenvalue weighted by atomic mass is 10.1. The van der Waals surface area contributed by atoms with E-state index in [1.165, 1.54) is 31.2 Å². The third-order valence-electron chi connectivity index (χ3n) is 3.66. The fourth-order valence-corrected chi connectivity index (χ4v) is 2.41. The van der Waals surface area contributed by atoms with Gasteiger partial charge in [-0.25, -0.2) is 4.79 Å². The van der Waals surface area contributed by atoms with Crippen molar-refractivity contribution >= 4 is 17.6 Å². The summed E-state index contributed by atoms with van der Waals surface area (Å²) in [6.45, 7) is 3.33. The van der Waals surface area contributed by atoms with Crippen LogP contribution >= 0.6 is 0 Å². The summed E-state index contributed by atoms with van der Waals surface area (Å²) in [5.74, 6) is -0.518. The fourth-order valence-electron chi connectivity index (χ4n) is 2.41. The van der Waals surface area contributed by atoms with Gasteiger partial charge in [0.25, 0.3) is 0 Å². The lowest BCUT2D eigenvalue weighted by molar-refractivity contribution is -0.274. The first-order valence-corrected chi connectivity index (χ1v) is 8.39. The summed E-state index contributed by atoms with van der Waals surface area (Å²) in [6.07, 6.45) is -4.74. The molecule has 0 aliphatic heterocycles. The van der Waals surface area contributed by atoms with Crippen LogP contribution in [0.5, 0.6) is 5.75 Å². The summed E-state index contributed by atoms with van der Waals surface area (Å²) in [7, 11) is 0. The second kappa shape index (κ2) is 9.12. The predicted octanol–water partition coefficient (Wildman–Crippen LogP) is 4.10. The van der Waals surface area contributed by atoms with Crippen molar-refractivity contribution in [2.24, 2.45) is 0 Å². The van der Waals surface area contributed by atoms with E-state index < -0.39 is 12.4 Å². The zero-order valence-corrected chi connectivity index (χ0v) is 15.3. The summed E-state index contributed by atoms with van der Waals surface area (Å²) in [4.78, 5) is 23.2. The van der Waals surface area contributed by atoms with Gasteiger partial charge in [-0.1, -0.05) is 24.3 Å². The lowest BCUT2D eigenvalue weighted by Crippen LogP contribution is -2.36. The second-order valence-electron chi connectivity index (χ2n) is 6.05. The van der Waals surface area contributed by atoms with E-state index >= 15 is 0 Å². The molecule has 0 aliphatic carbocycles. The number of carbonyl (C=O) groups is 2. The number of rotatable bonds is 6. The minimum Gasteiger partial charge on any atom is -0.406 e. The molecule has 2 aromatic rings. The number of hydrogen-bond acceptors (Lipinski definition) is 3. The maximum absolute atomic E-state index is 12.1. The lowest BCUT2D eigenvalue weighted by Gasteiger charge is -2.16. The third kappa shape index (κ3) is 7.18. The molecule has 0 fully saturated rings. The van der Waals surface area contributed by atoms with Crippen molar-refractivity contribution < 1.29 is 27.5 Å². The molecule has 6 nitrogen and oxygen atoms in total. The quantitative estimate of drug-likeness (QED) is 0.689. The number of ether oxygens (including phenoxy) is 1. The molecule has 0 radical (unpaired) electrons. The van der Waals surface area contributed by atoms with Gasteiger partial charge >= 0.3 is 12.4 Å². The standard InChI is InChI=1S/C19H20F3N3O3/c1-12(15-4-3-5-16(10-15)25-13(2)26)24-18(27)23-11-14-6-8-17(9-7-14)28-19(20,21)22/h3-10,12H,11H2,1-2H3,(H,25,26)(H2,23,24,27). The summed E-state index contributed by atoms with van der Waals surface area (Å²) >= 11 is 0. The van der Waals surface area contributed by atoms with Gasteiger partial charge in [0.1, 0.15) is 5.75 Å². The number of urea groups is 1. The van der Waals surface area contributed by atoms with Crippen molar-refractivity contribution in [1.29, 1.82) is 0 Å². The van der Waals surface area contributed by atoms with Crippen molar-refractivity contribution in [2.75, 3.05) is 5.32 Å². The van der Waals surface area contributed by atoms with Crippen LogP contribution in [-0.4, -0.2) is 18.3 Å². The number of nitrogens with one attached hydrogen (secondary N) is 3. The highest BCUT2D eigenvalue weighted by molar-refractivity contribution is 5.88. The van der Waals surface area contributed by atoms with Gasteiger partial charge in [-0.05, 0) is 42.3 Å². The molecule has 1 unspecified atom stereocenters. The van der Waals surface area contributed by atoms with Crippen LogP contribution in [0.1, 0.15) is 31.0 Å². The zero-order chi connectivity index (χ0) is 20.7. The van der Waals surface area contributed by atoms with Crippen LogP contribution in [0.2, 0.25) is 0 Å². The number of carbonyl (C=O) groups excluding carboxylic acids is 2. The number of halogens is 3. The van der Waals surface area contributed by atoms with Gasteiger partial charge in [0, 0.05) is 19.2 Å². The third-order valence-corrected chi connectivity index (χ3v) is 3.66. The largest absolute Gasteiger partial charge is 0.573 e. The van der Waals surface area contributed by atoms with Gasteiger partial charge in [0.05, 0.1) is 6.04 Å². The van der Waals surface area contributed by atoms with E-state index in [4.69, 9.17) is 0 Å². The molecule has 1 atom stereocenters. The van der Waals surface area contributed by atoms with Gasteiger partial charge in [0.2, 0.25) is 5.91 Å². The van der Waals surface area contributed by atoms with Crippen molar-refractivity contribution in [2.45, 2.75) is 32.8 Å². The average Bonchev–Trinajstić information content (AvgIpc) is 2.59. The van der Waals surface area contributed by atoms with Gasteiger partial charge < -0.3 is 20.7 Å². The topological polar surface area (TPSA) is 79.5 Å². The predicted molar refractivity (Wildman–Crippen MR) is 97.7 cm³/mol. The molecule has 150 valence electrons. The monoisotopic (exact) mass is 395 g/mol. The molecule has 2 rings (SSSR count). The molecule has 2 aromatic carbocycles. The zero-order valence-electron chi connectivity index (χ0n) is 15.3. The van der Waals surface area contributed by atoms with Crippen molar-refractivity contribution in [1.82, 2.24) is 10.6 Å². The molecule has 0 saturated heterocycles. The number of benzene rings is 2. The van der Waals surface area contributed by atoms with Crippen LogP contribution in [0.3, 0.4) is 0 Å². The Labute approximate surface area is 160 Å². The maximum Gasteiger partial charge on any atom is 0.573 e. The molecular weight excluding hydrogens is 375 g/mol. The number of amides is 3. The Morgan fingerprint density at radius 1 is 1.11 bits per heavy atom. The molecule has 0 bridgehead atoms. The Morgan fingerprint density at radius 3 is 2.39 bits per heavy atom. The average molecular weight is 395 g/mol. The molecule has 0 heterocycles. The van der Waals surface area contributed by atoms with E-state index in [0.717, 1.165) is 5.56 Å². The SMILES string of the molecule is CC(=O)Nc1cccc(C(C)NC(=O)NCc2ccc(OC(F)(F)F)cc2)c1. The molecule has 28 heavy (non-hydrogen) atoms. The molecule has 0 aromatic heterocycles. The van der Waals surface area contributed by atoms with Crippen molar-refractivity contribution in [3.05, 3.63) is 59.7 Å². The summed E-state index contributed by atoms with van der Waals surface area (Å²) < 4.78 is 40.2. The van der Waals surface area contributed by atoms with Crippen molar-refractivity contribution in [3.63, 3.8) is 0 Å². The number of alkyl halides is 3. The molecule has 3 amide bonds. The highest BCUT2D eigenvalue weighted by Gasteiger charge is 2.30. The van der Waals surface area contributed by atoms with Crippen LogP contribution in [0.15, 0.2) is 48.5 Å². The van der Waals surface area contributed by atoms with E-state index in [0.29, 0.717) is 11.3 Å². The Bertz CT molecular complexity index is 823. The molecule has 3 N–H and O–H groups in total. The van der Waals surface area contributed by atoms with Crippen LogP contribution in [0, 0.1) is 0 Å². The Morgan fingerprint density at radius 2 is 1.79 bits per heavy atom. The van der Waals surface area contributed by atoms with Gasteiger partial charge in [-0.15, -0.1) is 13.2 Å². The summed E-state index contributed by atoms with van der Waals surface area (Å²) in [5.41, 5.74) is 2.04. The molecule has 9 heteroatoms. The normalized spacial score (nSPS) is 12.0. The van der Waals surface area contributed by atoms with E-state index in [2.05, 4.69) is 20.7 Å². The van der Waals surface area contributed by atoms with Crippen molar-refractivity contribution in [3.8, 4) is 5.75 Å². The molecule has 0 spiro atoms. The van der Waals surface area contributed by atoms with E-state index in [1.54, 1.807) is 25.1 Å². The highest BCUT2D eigenvalue weighted by atomic mass is 19.4. The Kier molecular flexibility index (Phi) is 6.86. The van der Waals surface area contributed by atoms with Gasteiger partial charge in [0.15, 0.2) is 0 Å². The first-order chi connectivity index (χ1) is 13.1. The fraction of sp³-hybridized carbons (Fsp3) is 0.263. The molecule has 0 saturated carbocycles. The molecule has 0 aliphatic rings. The second-order valence-corrected chi connectivity index (χ2v) is 6.05. The van der Waals surface area contributed by atoms with Gasteiger partial charge in [-0.2, -0.15) is 0 Å². The van der Waals surface area contributed by atoms with Gasteiger partial charge in [-0.3, -0.25) is 4.79 Å². The van der Waals surface area contributed by atoms with Crippen LogP contribution < -0.4 is 20.7 Å². The van der Waals surface area contributed by atoms with Crippen LogP contribution in [0.4, 0.5) is 23.7 Å². The highest BCUT2D eigenvalue weighted by Crippen LogP contribution is 2.22. The minimum atomic E-state index is -4.74. The summed E-state index contributed by atoms with van der Waals surface area (Å²) in [6, 6.07) is 11.5. The number of hydrogen-bond donors (Lipinski definition) is 3. The maximum atomic E-state index is 12.1. The van der Waals surface area contributed by atoms with E-state index in [9.17, 15) is 22.8 Å². The summed E-state index contributed by atoms with van der Waals surface area (Å²) in [5, 5.41) is 8.06. The minimum absolute atomic E-state index is 0.136. The smallest absolute Gasteiger partial charge is 0.406 e. The Hall–Kier alpha value is -3.23. The first kappa shape index (κ1) is 21.1. The first-order valence-electron chi connectivity index (χ1n) is 8.39. The van der Waals surface area contributed by atoms with Crippen LogP contribution in [-0.2, 0) is 11.3 Å².